The van der Waals surface area contributed by atoms with Gasteiger partial charge in [-0.15, -0.1) is 0 Å². The highest BCUT2D eigenvalue weighted by Crippen LogP contribution is 2.51. The Labute approximate surface area is 243 Å². The van der Waals surface area contributed by atoms with Gasteiger partial charge >= 0.3 is 6.18 Å². The van der Waals surface area contributed by atoms with Crippen LogP contribution in [0.5, 0.6) is 17.2 Å². The molecule has 0 saturated carbocycles. The maximum absolute atomic E-state index is 14.1. The first-order valence-corrected chi connectivity index (χ1v) is 15.2. The SMILES string of the molecule is CCCCOc1ccc(C2=C(c3ccc(O)cc3)[C@H]3C[C@H](S(=O)(=O)N(CC(F)(F)F)c4ccc(OC)cc4)[C@@H]2O3)cc1. The van der Waals surface area contributed by atoms with E-state index in [0.717, 1.165) is 24.0 Å². The first-order chi connectivity index (χ1) is 20.0. The average Bonchev–Trinajstić information content (AvgIpc) is 3.57. The van der Waals surface area contributed by atoms with Crippen LogP contribution in [0.1, 0.15) is 37.3 Å². The van der Waals surface area contributed by atoms with Crippen LogP contribution in [0.2, 0.25) is 0 Å². The van der Waals surface area contributed by atoms with E-state index in [4.69, 9.17) is 14.2 Å². The fourth-order valence-corrected chi connectivity index (χ4v) is 7.47. The molecule has 0 unspecified atom stereocenters. The molecule has 0 aliphatic carbocycles. The number of phenols is 1. The van der Waals surface area contributed by atoms with Gasteiger partial charge in [-0.05, 0) is 83.6 Å². The fraction of sp³-hybridized carbons (Fsp3) is 0.355. The van der Waals surface area contributed by atoms with Crippen molar-refractivity contribution in [1.82, 2.24) is 0 Å². The average molecular weight is 604 g/mol. The highest BCUT2D eigenvalue weighted by atomic mass is 32.2. The summed E-state index contributed by atoms with van der Waals surface area (Å²) in [7, 11) is -3.15. The smallest absolute Gasteiger partial charge is 0.407 e. The predicted molar refractivity (Wildman–Crippen MR) is 154 cm³/mol. The minimum absolute atomic E-state index is 0.0184. The zero-order valence-electron chi connectivity index (χ0n) is 23.2. The zero-order valence-corrected chi connectivity index (χ0v) is 24.0. The van der Waals surface area contributed by atoms with Gasteiger partial charge in [0.2, 0.25) is 10.0 Å². The number of nitrogens with zero attached hydrogens (tertiary/aromatic N) is 1. The second-order valence-electron chi connectivity index (χ2n) is 10.3. The summed E-state index contributed by atoms with van der Waals surface area (Å²) in [5.74, 6) is 1.11. The van der Waals surface area contributed by atoms with Gasteiger partial charge in [-0.2, -0.15) is 13.2 Å². The van der Waals surface area contributed by atoms with Crippen LogP contribution >= 0.6 is 0 Å². The quantitative estimate of drug-likeness (QED) is 0.255. The molecule has 0 radical (unpaired) electrons. The second-order valence-corrected chi connectivity index (χ2v) is 12.4. The van der Waals surface area contributed by atoms with E-state index in [0.29, 0.717) is 33.5 Å². The minimum Gasteiger partial charge on any atom is -0.508 e. The van der Waals surface area contributed by atoms with Gasteiger partial charge in [0.1, 0.15) is 35.1 Å². The molecule has 1 N–H and O–H groups in total. The van der Waals surface area contributed by atoms with Gasteiger partial charge in [-0.1, -0.05) is 37.6 Å². The largest absolute Gasteiger partial charge is 0.508 e. The van der Waals surface area contributed by atoms with E-state index in [1.807, 2.05) is 12.1 Å². The maximum Gasteiger partial charge on any atom is 0.407 e. The molecule has 2 bridgehead atoms. The third-order valence-electron chi connectivity index (χ3n) is 7.47. The van der Waals surface area contributed by atoms with E-state index >= 15 is 0 Å². The summed E-state index contributed by atoms with van der Waals surface area (Å²) in [6.45, 7) is 0.947. The van der Waals surface area contributed by atoms with Crippen LogP contribution in [0.3, 0.4) is 0 Å². The number of phenolic OH excluding ortho intramolecular Hbond substituents is 1. The monoisotopic (exact) mass is 603 g/mol. The Morgan fingerprint density at radius 2 is 1.52 bits per heavy atom. The van der Waals surface area contributed by atoms with E-state index in [1.165, 1.54) is 43.5 Å². The van der Waals surface area contributed by atoms with Crippen molar-refractivity contribution in [1.29, 1.82) is 0 Å². The molecule has 224 valence electrons. The van der Waals surface area contributed by atoms with Gasteiger partial charge < -0.3 is 19.3 Å². The third-order valence-corrected chi connectivity index (χ3v) is 9.63. The lowest BCUT2D eigenvalue weighted by Crippen LogP contribution is -2.47. The van der Waals surface area contributed by atoms with E-state index in [-0.39, 0.29) is 17.9 Å². The summed E-state index contributed by atoms with van der Waals surface area (Å²) in [6, 6.07) is 19.1. The maximum atomic E-state index is 14.1. The zero-order chi connectivity index (χ0) is 30.1. The van der Waals surface area contributed by atoms with Crippen molar-refractivity contribution >= 4 is 26.9 Å². The van der Waals surface area contributed by atoms with Crippen LogP contribution < -0.4 is 13.8 Å². The summed E-state index contributed by atoms with van der Waals surface area (Å²) in [5, 5.41) is 8.57. The molecule has 1 saturated heterocycles. The number of sulfonamides is 1. The molecule has 1 fully saturated rings. The Morgan fingerprint density at radius 3 is 2.12 bits per heavy atom. The highest BCUT2D eigenvalue weighted by Gasteiger charge is 2.55. The van der Waals surface area contributed by atoms with Crippen LogP contribution in [0, 0.1) is 0 Å². The lowest BCUT2D eigenvalue weighted by Gasteiger charge is -2.32. The van der Waals surface area contributed by atoms with E-state index in [9.17, 15) is 26.7 Å². The molecule has 11 heteroatoms. The standard InChI is InChI=1S/C31H32F3NO6S/c1-3-4-17-40-25-13-7-21(8-14-25)29-28(20-5-11-23(36)12-6-20)26-18-27(30(29)41-26)42(37,38)35(19-31(32,33)34)22-9-15-24(39-2)16-10-22/h5-16,26-27,30,36H,3-4,17-19H2,1-2H3/t26-,27+,30+/m1/s1. The van der Waals surface area contributed by atoms with Crippen molar-refractivity contribution < 1.29 is 40.9 Å². The van der Waals surface area contributed by atoms with Crippen LogP contribution in [0.15, 0.2) is 72.8 Å². The molecule has 42 heavy (non-hydrogen) atoms. The summed E-state index contributed by atoms with van der Waals surface area (Å²) >= 11 is 0. The number of rotatable bonds is 11. The minimum atomic E-state index is -4.78. The van der Waals surface area contributed by atoms with Gasteiger partial charge in [0.05, 0.1) is 25.5 Å². The Kier molecular flexibility index (Phi) is 8.43. The predicted octanol–water partition coefficient (Wildman–Crippen LogP) is 6.43. The Morgan fingerprint density at radius 1 is 0.929 bits per heavy atom. The van der Waals surface area contributed by atoms with Gasteiger partial charge in [-0.3, -0.25) is 4.31 Å². The molecular weight excluding hydrogens is 571 g/mol. The first kappa shape index (κ1) is 29.8. The number of fused-ring (bicyclic) bond motifs is 2. The number of ether oxygens (including phenoxy) is 3. The van der Waals surface area contributed by atoms with Crippen molar-refractivity contribution in [2.75, 3.05) is 24.6 Å². The lowest BCUT2D eigenvalue weighted by atomic mass is 9.83. The number of anilines is 1. The van der Waals surface area contributed by atoms with Crippen LogP contribution in [-0.4, -0.2) is 57.4 Å². The number of benzene rings is 3. The number of unbranched alkanes of at least 4 members (excludes halogenated alkanes) is 1. The molecule has 2 heterocycles. The van der Waals surface area contributed by atoms with E-state index in [2.05, 4.69) is 6.92 Å². The van der Waals surface area contributed by atoms with Crippen LogP contribution in [0.4, 0.5) is 18.9 Å². The van der Waals surface area contributed by atoms with Crippen molar-refractivity contribution in [3.63, 3.8) is 0 Å². The van der Waals surface area contributed by atoms with Gasteiger partial charge in [0.25, 0.3) is 0 Å². The molecular formula is C31H32F3NO6S. The summed E-state index contributed by atoms with van der Waals surface area (Å²) in [4.78, 5) is 0. The molecule has 3 aromatic carbocycles. The van der Waals surface area contributed by atoms with Crippen molar-refractivity contribution in [3.05, 3.63) is 83.9 Å². The molecule has 0 aromatic heterocycles. The number of hydrogen-bond donors (Lipinski definition) is 1. The topological polar surface area (TPSA) is 85.3 Å². The Hall–Kier alpha value is -3.70. The Bertz CT molecular complexity index is 1520. The van der Waals surface area contributed by atoms with Gasteiger partial charge in [0, 0.05) is 0 Å². The fourth-order valence-electron chi connectivity index (χ4n) is 5.47. The molecule has 5 rings (SSSR count). The highest BCUT2D eigenvalue weighted by molar-refractivity contribution is 7.93. The van der Waals surface area contributed by atoms with Crippen molar-refractivity contribution in [3.8, 4) is 17.2 Å². The van der Waals surface area contributed by atoms with E-state index < -0.39 is 40.2 Å². The second kappa shape index (κ2) is 11.9. The van der Waals surface area contributed by atoms with E-state index in [1.54, 1.807) is 24.3 Å². The first-order valence-electron chi connectivity index (χ1n) is 13.7. The van der Waals surface area contributed by atoms with Crippen LogP contribution in [0.25, 0.3) is 11.1 Å². The molecule has 0 spiro atoms. The number of methoxy groups -OCH3 is 1. The third kappa shape index (κ3) is 6.07. The number of halogens is 3. The lowest BCUT2D eigenvalue weighted by molar-refractivity contribution is -0.117. The molecule has 7 nitrogen and oxygen atoms in total. The molecule has 0 amide bonds. The van der Waals surface area contributed by atoms with Crippen molar-refractivity contribution in [2.45, 2.75) is 49.8 Å². The molecule has 3 atom stereocenters. The molecule has 2 aliphatic heterocycles. The van der Waals surface area contributed by atoms with Gasteiger partial charge in [-0.25, -0.2) is 8.42 Å². The summed E-state index contributed by atoms with van der Waals surface area (Å²) in [5.41, 5.74) is 2.64. The normalized spacial score (nSPS) is 20.2. The van der Waals surface area contributed by atoms with Gasteiger partial charge in [0.15, 0.2) is 0 Å². The van der Waals surface area contributed by atoms with Crippen LogP contribution in [-0.2, 0) is 14.8 Å². The molecule has 3 aromatic rings. The number of aromatic hydroxyl groups is 1. The summed E-state index contributed by atoms with van der Waals surface area (Å²) in [6.07, 6.45) is -4.59. The molecule has 2 aliphatic rings. The number of alkyl halides is 3. The van der Waals surface area contributed by atoms with Crippen molar-refractivity contribution in [2.24, 2.45) is 0 Å². The number of hydrogen-bond acceptors (Lipinski definition) is 6. The Balaban J connectivity index is 1.55. The summed E-state index contributed by atoms with van der Waals surface area (Å²) < 4.78 is 86.9.